The molecular weight excluding hydrogens is 296 g/mol. The molecule has 1 amide bonds. The van der Waals surface area contributed by atoms with Crippen LogP contribution in [0.3, 0.4) is 0 Å². The topological polar surface area (TPSA) is 91.2 Å². The second-order valence-corrected chi connectivity index (χ2v) is 4.82. The van der Waals surface area contributed by atoms with Crippen molar-refractivity contribution in [3.8, 4) is 17.2 Å². The minimum atomic E-state index is -0.413. The fraction of sp³-hybridized carbons (Fsp3) is 0.176. The van der Waals surface area contributed by atoms with Crippen molar-refractivity contribution in [1.29, 1.82) is 0 Å². The second kappa shape index (κ2) is 7.84. The maximum Gasteiger partial charge on any atom is 0.271 e. The number of rotatable bonds is 6. The quantitative estimate of drug-likeness (QED) is 0.564. The van der Waals surface area contributed by atoms with Crippen molar-refractivity contribution >= 4 is 12.1 Å². The molecule has 0 spiro atoms. The molecule has 0 unspecified atom stereocenters. The number of phenolic OH excluding ortho intramolecular Hbond substituents is 2. The fourth-order valence-corrected chi connectivity index (χ4v) is 1.78. The minimum Gasteiger partial charge on any atom is -0.508 e. The number of aromatic hydroxyl groups is 2. The molecule has 0 aromatic heterocycles. The molecule has 23 heavy (non-hydrogen) atoms. The number of nitrogens with zero attached hydrogens (tertiary/aromatic N) is 1. The first kappa shape index (κ1) is 16.4. The van der Waals surface area contributed by atoms with Gasteiger partial charge >= 0.3 is 0 Å². The maximum atomic E-state index is 11.8. The summed E-state index contributed by atoms with van der Waals surface area (Å²) in [5, 5.41) is 22.9. The van der Waals surface area contributed by atoms with Crippen molar-refractivity contribution in [2.75, 3.05) is 6.61 Å². The normalized spacial score (nSPS) is 10.7. The number of hydrazone groups is 1. The van der Waals surface area contributed by atoms with Gasteiger partial charge in [-0.2, -0.15) is 5.10 Å². The van der Waals surface area contributed by atoms with Crippen LogP contribution in [-0.4, -0.2) is 28.9 Å². The first-order valence-corrected chi connectivity index (χ1v) is 7.18. The van der Waals surface area contributed by atoms with Crippen LogP contribution in [0, 0.1) is 0 Å². The van der Waals surface area contributed by atoms with Crippen LogP contribution < -0.4 is 10.2 Å². The van der Waals surface area contributed by atoms with E-state index in [0.29, 0.717) is 23.5 Å². The van der Waals surface area contributed by atoms with Gasteiger partial charge < -0.3 is 14.9 Å². The first-order chi connectivity index (χ1) is 11.1. The van der Waals surface area contributed by atoms with Crippen LogP contribution >= 0.6 is 0 Å². The summed E-state index contributed by atoms with van der Waals surface area (Å²) in [6.45, 7) is 2.58. The molecule has 0 aliphatic carbocycles. The molecule has 0 saturated carbocycles. The van der Waals surface area contributed by atoms with E-state index >= 15 is 0 Å². The maximum absolute atomic E-state index is 11.8. The zero-order chi connectivity index (χ0) is 16.7. The van der Waals surface area contributed by atoms with Crippen LogP contribution in [0.2, 0.25) is 0 Å². The zero-order valence-corrected chi connectivity index (χ0v) is 12.7. The monoisotopic (exact) mass is 314 g/mol. The van der Waals surface area contributed by atoms with E-state index in [2.05, 4.69) is 10.5 Å². The first-order valence-electron chi connectivity index (χ1n) is 7.18. The molecule has 0 radical (unpaired) electrons. The predicted octanol–water partition coefficient (Wildman–Crippen LogP) is 2.65. The van der Waals surface area contributed by atoms with Crippen molar-refractivity contribution in [1.82, 2.24) is 5.43 Å². The van der Waals surface area contributed by atoms with Crippen LogP contribution in [-0.2, 0) is 0 Å². The number of hydrogen-bond donors (Lipinski definition) is 3. The summed E-state index contributed by atoms with van der Waals surface area (Å²) in [4.78, 5) is 11.8. The Morgan fingerprint density at radius 1 is 1.22 bits per heavy atom. The van der Waals surface area contributed by atoms with Gasteiger partial charge in [0, 0.05) is 17.2 Å². The zero-order valence-electron chi connectivity index (χ0n) is 12.7. The summed E-state index contributed by atoms with van der Waals surface area (Å²) in [7, 11) is 0. The third-order valence-electron chi connectivity index (χ3n) is 2.97. The fourth-order valence-electron chi connectivity index (χ4n) is 1.78. The Morgan fingerprint density at radius 3 is 2.61 bits per heavy atom. The van der Waals surface area contributed by atoms with E-state index in [1.54, 1.807) is 12.1 Å². The Morgan fingerprint density at radius 2 is 1.96 bits per heavy atom. The number of benzene rings is 2. The molecule has 2 rings (SSSR count). The molecule has 6 heteroatoms. The minimum absolute atomic E-state index is 0.0150. The summed E-state index contributed by atoms with van der Waals surface area (Å²) >= 11 is 0. The van der Waals surface area contributed by atoms with E-state index in [1.807, 2.05) is 6.92 Å². The Hall–Kier alpha value is -3.02. The summed E-state index contributed by atoms with van der Waals surface area (Å²) in [6.07, 6.45) is 2.23. The number of hydrogen-bond acceptors (Lipinski definition) is 5. The van der Waals surface area contributed by atoms with Gasteiger partial charge in [-0.15, -0.1) is 0 Å². The van der Waals surface area contributed by atoms with Gasteiger partial charge in [-0.3, -0.25) is 4.79 Å². The number of phenols is 2. The van der Waals surface area contributed by atoms with Crippen LogP contribution in [0.25, 0.3) is 0 Å². The average Bonchev–Trinajstić information content (AvgIpc) is 2.55. The van der Waals surface area contributed by atoms with Gasteiger partial charge in [0.15, 0.2) is 0 Å². The van der Waals surface area contributed by atoms with Crippen molar-refractivity contribution in [2.24, 2.45) is 5.10 Å². The Kier molecular flexibility index (Phi) is 5.57. The smallest absolute Gasteiger partial charge is 0.271 e. The van der Waals surface area contributed by atoms with E-state index in [-0.39, 0.29) is 11.5 Å². The lowest BCUT2D eigenvalue weighted by atomic mass is 10.2. The third-order valence-corrected chi connectivity index (χ3v) is 2.97. The van der Waals surface area contributed by atoms with Crippen molar-refractivity contribution in [3.63, 3.8) is 0 Å². The van der Waals surface area contributed by atoms with E-state index in [1.165, 1.54) is 36.5 Å². The SMILES string of the molecule is CCCOc1ccc(C=NNC(=O)c2ccc(O)cc2)c(O)c1. The summed E-state index contributed by atoms with van der Waals surface area (Å²) in [5.74, 6) is 0.264. The molecule has 0 bridgehead atoms. The highest BCUT2D eigenvalue weighted by Crippen LogP contribution is 2.22. The number of nitrogens with one attached hydrogen (secondary N) is 1. The van der Waals surface area contributed by atoms with Crippen molar-refractivity contribution < 1.29 is 19.7 Å². The molecule has 0 aliphatic rings. The molecule has 3 N–H and O–H groups in total. The lowest BCUT2D eigenvalue weighted by Crippen LogP contribution is -2.17. The number of amides is 1. The Balaban J connectivity index is 1.97. The second-order valence-electron chi connectivity index (χ2n) is 4.82. The van der Waals surface area contributed by atoms with Gasteiger partial charge in [-0.25, -0.2) is 5.43 Å². The molecule has 2 aromatic rings. The van der Waals surface area contributed by atoms with Gasteiger partial charge in [0.05, 0.1) is 12.8 Å². The lowest BCUT2D eigenvalue weighted by Gasteiger charge is -2.06. The van der Waals surface area contributed by atoms with E-state index in [4.69, 9.17) is 4.74 Å². The molecule has 2 aromatic carbocycles. The predicted molar refractivity (Wildman–Crippen MR) is 87.1 cm³/mol. The molecule has 0 heterocycles. The van der Waals surface area contributed by atoms with Crippen LogP contribution in [0.15, 0.2) is 47.6 Å². The molecular formula is C17H18N2O4. The number of carbonyl (C=O) groups is 1. The van der Waals surface area contributed by atoms with E-state index < -0.39 is 5.91 Å². The summed E-state index contributed by atoms with van der Waals surface area (Å²) in [6, 6.07) is 10.7. The number of ether oxygens (including phenoxy) is 1. The molecule has 120 valence electrons. The van der Waals surface area contributed by atoms with Gasteiger partial charge in [0.2, 0.25) is 0 Å². The van der Waals surface area contributed by atoms with E-state index in [0.717, 1.165) is 6.42 Å². The summed E-state index contributed by atoms with van der Waals surface area (Å²) < 4.78 is 5.41. The van der Waals surface area contributed by atoms with Gasteiger partial charge in [-0.1, -0.05) is 6.92 Å². The lowest BCUT2D eigenvalue weighted by molar-refractivity contribution is 0.0955. The van der Waals surface area contributed by atoms with Gasteiger partial charge in [0.25, 0.3) is 5.91 Å². The Labute approximate surface area is 134 Å². The standard InChI is InChI=1S/C17H18N2O4/c1-2-9-23-15-8-5-13(16(21)10-15)11-18-19-17(22)12-3-6-14(20)7-4-12/h3-8,10-11,20-21H,2,9H2,1H3,(H,19,22). The van der Waals surface area contributed by atoms with Crippen molar-refractivity contribution in [3.05, 3.63) is 53.6 Å². The van der Waals surface area contributed by atoms with E-state index in [9.17, 15) is 15.0 Å². The highest BCUT2D eigenvalue weighted by Gasteiger charge is 2.04. The third kappa shape index (κ3) is 4.74. The molecule has 0 saturated heterocycles. The molecule has 0 atom stereocenters. The Bertz CT molecular complexity index is 696. The molecule has 0 aliphatic heterocycles. The van der Waals surface area contributed by atoms with Gasteiger partial charge in [0.1, 0.15) is 17.2 Å². The molecule has 6 nitrogen and oxygen atoms in total. The average molecular weight is 314 g/mol. The largest absolute Gasteiger partial charge is 0.508 e. The van der Waals surface area contributed by atoms with Crippen LogP contribution in [0.5, 0.6) is 17.2 Å². The summed E-state index contributed by atoms with van der Waals surface area (Å²) in [5.41, 5.74) is 3.18. The highest BCUT2D eigenvalue weighted by molar-refractivity contribution is 5.95. The van der Waals surface area contributed by atoms with Crippen molar-refractivity contribution in [2.45, 2.75) is 13.3 Å². The molecule has 0 fully saturated rings. The van der Waals surface area contributed by atoms with Crippen LogP contribution in [0.4, 0.5) is 0 Å². The van der Waals surface area contributed by atoms with Gasteiger partial charge in [-0.05, 0) is 42.8 Å². The number of carbonyl (C=O) groups excluding carboxylic acids is 1. The highest BCUT2D eigenvalue weighted by atomic mass is 16.5. The van der Waals surface area contributed by atoms with Crippen LogP contribution in [0.1, 0.15) is 29.3 Å².